The lowest BCUT2D eigenvalue weighted by Gasteiger charge is -2.11. The van der Waals surface area contributed by atoms with E-state index in [0.29, 0.717) is 5.69 Å². The molecule has 1 atom stereocenters. The first kappa shape index (κ1) is 14.6. The van der Waals surface area contributed by atoms with Gasteiger partial charge in [0.05, 0.1) is 0 Å². The van der Waals surface area contributed by atoms with Crippen LogP contribution in [0.5, 0.6) is 0 Å². The summed E-state index contributed by atoms with van der Waals surface area (Å²) in [4.78, 5) is 23.7. The van der Waals surface area contributed by atoms with Crippen LogP contribution in [0.1, 0.15) is 20.3 Å². The van der Waals surface area contributed by atoms with E-state index in [4.69, 9.17) is 5.11 Å². The van der Waals surface area contributed by atoms with Gasteiger partial charge in [0.15, 0.2) is 0 Å². The number of thioether (sulfide) groups is 1. The van der Waals surface area contributed by atoms with Crippen LogP contribution in [0.4, 0.5) is 5.69 Å². The monoisotopic (exact) mass is 267 g/mol. The van der Waals surface area contributed by atoms with Crippen LogP contribution in [0.15, 0.2) is 29.2 Å². The second-order valence-electron chi connectivity index (χ2n) is 3.75. The highest BCUT2D eigenvalue weighted by molar-refractivity contribution is 7.99. The maximum atomic E-state index is 11.7. The first-order valence-electron chi connectivity index (χ1n) is 5.85. The van der Waals surface area contributed by atoms with E-state index in [1.807, 2.05) is 12.1 Å². The molecule has 4 nitrogen and oxygen atoms in total. The van der Waals surface area contributed by atoms with Crippen molar-refractivity contribution < 1.29 is 14.7 Å². The molecule has 5 heteroatoms. The molecule has 2 N–H and O–H groups in total. The van der Waals surface area contributed by atoms with Crippen molar-refractivity contribution in [1.82, 2.24) is 0 Å². The fourth-order valence-corrected chi connectivity index (χ4v) is 2.16. The molecule has 1 unspecified atom stereocenters. The lowest BCUT2D eigenvalue weighted by atomic mass is 10.1. The zero-order chi connectivity index (χ0) is 13.5. The molecule has 0 spiro atoms. The van der Waals surface area contributed by atoms with E-state index in [1.54, 1.807) is 30.8 Å². The summed E-state index contributed by atoms with van der Waals surface area (Å²) < 4.78 is 0. The van der Waals surface area contributed by atoms with Gasteiger partial charge in [0.2, 0.25) is 5.91 Å². The third-order valence-corrected chi connectivity index (χ3v) is 3.35. The molecule has 0 bridgehead atoms. The Kier molecular flexibility index (Phi) is 5.71. The minimum atomic E-state index is -1.09. The summed E-state index contributed by atoms with van der Waals surface area (Å²) in [5.74, 6) is -1.56. The molecule has 98 valence electrons. The van der Waals surface area contributed by atoms with Gasteiger partial charge in [0.25, 0.3) is 0 Å². The lowest BCUT2D eigenvalue weighted by molar-refractivity contribution is -0.145. The van der Waals surface area contributed by atoms with E-state index in [1.165, 1.54) is 0 Å². The SMILES string of the molecule is CCSc1ccc(NC(=O)C(CC)C(=O)O)cc1. The number of aliphatic carboxylic acids is 1. The maximum Gasteiger partial charge on any atom is 0.316 e. The summed E-state index contributed by atoms with van der Waals surface area (Å²) in [6.45, 7) is 3.75. The minimum Gasteiger partial charge on any atom is -0.481 e. The zero-order valence-electron chi connectivity index (χ0n) is 10.5. The van der Waals surface area contributed by atoms with Crippen LogP contribution in [0.25, 0.3) is 0 Å². The summed E-state index contributed by atoms with van der Waals surface area (Å²) in [5, 5.41) is 11.5. The first-order valence-corrected chi connectivity index (χ1v) is 6.83. The number of hydrogen-bond acceptors (Lipinski definition) is 3. The topological polar surface area (TPSA) is 66.4 Å². The second kappa shape index (κ2) is 7.06. The van der Waals surface area contributed by atoms with Crippen molar-refractivity contribution in [3.8, 4) is 0 Å². The van der Waals surface area contributed by atoms with E-state index >= 15 is 0 Å². The predicted octanol–water partition coefficient (Wildman–Crippen LogP) is 2.85. The Bertz CT molecular complexity index is 417. The Labute approximate surface area is 111 Å². The van der Waals surface area contributed by atoms with Crippen LogP contribution in [0.2, 0.25) is 0 Å². The van der Waals surface area contributed by atoms with E-state index in [9.17, 15) is 9.59 Å². The summed E-state index contributed by atoms with van der Waals surface area (Å²) in [7, 11) is 0. The van der Waals surface area contributed by atoms with E-state index in [-0.39, 0.29) is 6.42 Å². The molecule has 0 heterocycles. The predicted molar refractivity (Wildman–Crippen MR) is 72.9 cm³/mol. The molecule has 0 saturated carbocycles. The highest BCUT2D eigenvalue weighted by Gasteiger charge is 2.23. The molecule has 0 saturated heterocycles. The van der Waals surface area contributed by atoms with E-state index < -0.39 is 17.8 Å². The molecule has 1 rings (SSSR count). The number of rotatable bonds is 6. The molecule has 0 radical (unpaired) electrons. The van der Waals surface area contributed by atoms with Gasteiger partial charge in [-0.05, 0) is 36.4 Å². The molecule has 1 aromatic carbocycles. The number of benzene rings is 1. The highest BCUT2D eigenvalue weighted by atomic mass is 32.2. The van der Waals surface area contributed by atoms with Crippen molar-refractivity contribution in [1.29, 1.82) is 0 Å². The molecule has 0 aliphatic heterocycles. The lowest BCUT2D eigenvalue weighted by Crippen LogP contribution is -2.28. The maximum absolute atomic E-state index is 11.7. The Hall–Kier alpha value is -1.49. The number of nitrogens with one attached hydrogen (secondary N) is 1. The van der Waals surface area contributed by atoms with Gasteiger partial charge < -0.3 is 10.4 Å². The van der Waals surface area contributed by atoms with Gasteiger partial charge in [-0.15, -0.1) is 11.8 Å². The van der Waals surface area contributed by atoms with Crippen LogP contribution >= 0.6 is 11.8 Å². The number of carboxylic acids is 1. The molecule has 0 aliphatic carbocycles. The number of anilines is 1. The van der Waals surface area contributed by atoms with Gasteiger partial charge in [-0.2, -0.15) is 0 Å². The molecule has 1 aromatic rings. The smallest absolute Gasteiger partial charge is 0.316 e. The summed E-state index contributed by atoms with van der Waals surface area (Å²) in [6, 6.07) is 7.38. The molecular formula is C13H17NO3S. The third kappa shape index (κ3) is 4.07. The molecule has 1 amide bonds. The van der Waals surface area contributed by atoms with Gasteiger partial charge in [0.1, 0.15) is 5.92 Å². The fourth-order valence-electron chi connectivity index (χ4n) is 1.50. The molecule has 18 heavy (non-hydrogen) atoms. The van der Waals surface area contributed by atoms with Gasteiger partial charge >= 0.3 is 5.97 Å². The van der Waals surface area contributed by atoms with Crippen molar-refractivity contribution in [3.63, 3.8) is 0 Å². The third-order valence-electron chi connectivity index (χ3n) is 2.46. The van der Waals surface area contributed by atoms with Crippen LogP contribution in [0, 0.1) is 5.92 Å². The number of carbonyl (C=O) groups excluding carboxylic acids is 1. The number of carbonyl (C=O) groups is 2. The normalized spacial score (nSPS) is 11.9. The van der Waals surface area contributed by atoms with E-state index in [0.717, 1.165) is 10.6 Å². The zero-order valence-corrected chi connectivity index (χ0v) is 11.3. The van der Waals surface area contributed by atoms with Gasteiger partial charge in [-0.1, -0.05) is 13.8 Å². The molecular weight excluding hydrogens is 250 g/mol. The number of carboxylic acid groups (broad SMARTS) is 1. The molecule has 0 fully saturated rings. The van der Waals surface area contributed by atoms with Crippen LogP contribution in [-0.4, -0.2) is 22.7 Å². The summed E-state index contributed by atoms with van der Waals surface area (Å²) >= 11 is 1.71. The van der Waals surface area contributed by atoms with Gasteiger partial charge in [-0.25, -0.2) is 0 Å². The average Bonchev–Trinajstić information content (AvgIpc) is 2.32. The summed E-state index contributed by atoms with van der Waals surface area (Å²) in [6.07, 6.45) is 0.283. The summed E-state index contributed by atoms with van der Waals surface area (Å²) in [5.41, 5.74) is 0.625. The quantitative estimate of drug-likeness (QED) is 0.614. The fraction of sp³-hybridized carbons (Fsp3) is 0.385. The van der Waals surface area contributed by atoms with Gasteiger partial charge in [0, 0.05) is 10.6 Å². The van der Waals surface area contributed by atoms with Crippen LogP contribution in [0.3, 0.4) is 0 Å². The average molecular weight is 267 g/mol. The largest absolute Gasteiger partial charge is 0.481 e. The first-order chi connectivity index (χ1) is 8.58. The molecule has 0 aliphatic rings. The van der Waals surface area contributed by atoms with Crippen molar-refractivity contribution in [2.75, 3.05) is 11.1 Å². The van der Waals surface area contributed by atoms with E-state index in [2.05, 4.69) is 12.2 Å². The number of amides is 1. The van der Waals surface area contributed by atoms with Crippen molar-refractivity contribution in [2.24, 2.45) is 5.92 Å². The van der Waals surface area contributed by atoms with Crippen molar-refractivity contribution >= 4 is 29.3 Å². The Morgan fingerprint density at radius 1 is 1.28 bits per heavy atom. The highest BCUT2D eigenvalue weighted by Crippen LogP contribution is 2.20. The minimum absolute atomic E-state index is 0.283. The van der Waals surface area contributed by atoms with Crippen LogP contribution < -0.4 is 5.32 Å². The van der Waals surface area contributed by atoms with Gasteiger partial charge in [-0.3, -0.25) is 9.59 Å². The standard InChI is InChI=1S/C13H17NO3S/c1-3-11(13(16)17)12(15)14-9-5-7-10(8-6-9)18-4-2/h5-8,11H,3-4H2,1-2H3,(H,14,15)(H,16,17). The second-order valence-corrected chi connectivity index (χ2v) is 5.08. The molecule has 0 aromatic heterocycles. The Morgan fingerprint density at radius 3 is 2.33 bits per heavy atom. The Balaban J connectivity index is 2.66. The van der Waals surface area contributed by atoms with Crippen molar-refractivity contribution in [2.45, 2.75) is 25.2 Å². The van der Waals surface area contributed by atoms with Crippen molar-refractivity contribution in [3.05, 3.63) is 24.3 Å². The number of hydrogen-bond donors (Lipinski definition) is 2. The Morgan fingerprint density at radius 2 is 1.89 bits per heavy atom. The van der Waals surface area contributed by atoms with Crippen LogP contribution in [-0.2, 0) is 9.59 Å².